The third kappa shape index (κ3) is 3.39. The molecule has 0 saturated heterocycles. The summed E-state index contributed by atoms with van der Waals surface area (Å²) in [5, 5.41) is 0. The third-order valence-electron chi connectivity index (χ3n) is 4.63. The van der Waals surface area contributed by atoms with Crippen molar-refractivity contribution >= 4 is 45.2 Å². The molecule has 2 nitrogen and oxygen atoms in total. The minimum Gasteiger partial charge on any atom is -0.325 e. The second-order valence-corrected chi connectivity index (χ2v) is 7.86. The fourth-order valence-corrected chi connectivity index (χ4v) is 4.16. The Labute approximate surface area is 145 Å². The highest BCUT2D eigenvalue weighted by Gasteiger charge is 2.22. The van der Waals surface area contributed by atoms with Gasteiger partial charge in [-0.1, -0.05) is 19.8 Å². The quantitative estimate of drug-likeness (QED) is 0.364. The number of hydrogen-bond acceptors (Lipinski definition) is 1. The van der Waals surface area contributed by atoms with Crippen LogP contribution in [0.2, 0.25) is 0 Å². The number of rotatable bonds is 3. The first kappa shape index (κ1) is 15.6. The number of nitrogens with zero attached hydrogens (tertiary/aromatic N) is 2. The number of aryl methyl sites for hydroxylation is 1. The van der Waals surface area contributed by atoms with E-state index in [0.717, 1.165) is 17.9 Å². The lowest BCUT2D eigenvalue weighted by Crippen LogP contribution is -2.12. The average molecular weight is 417 g/mol. The number of benzene rings is 1. The molecule has 0 amide bonds. The van der Waals surface area contributed by atoms with E-state index in [1.165, 1.54) is 47.0 Å². The summed E-state index contributed by atoms with van der Waals surface area (Å²) in [4.78, 5) is 4.86. The molecule has 0 N–H and O–H groups in total. The Morgan fingerprint density at radius 3 is 2.95 bits per heavy atom. The molecule has 1 aromatic carbocycles. The average Bonchev–Trinajstić information content (AvgIpc) is 2.65. The summed E-state index contributed by atoms with van der Waals surface area (Å²) >= 11 is 8.36. The lowest BCUT2D eigenvalue weighted by atomic mass is 10.0. The molecule has 21 heavy (non-hydrogen) atoms. The van der Waals surface area contributed by atoms with E-state index in [-0.39, 0.29) is 0 Å². The van der Waals surface area contributed by atoms with Crippen LogP contribution in [0.25, 0.3) is 11.0 Å². The Balaban J connectivity index is 2.03. The smallest absolute Gasteiger partial charge is 0.111 e. The number of fused-ring (bicyclic) bond motifs is 1. The van der Waals surface area contributed by atoms with Crippen molar-refractivity contribution in [1.29, 1.82) is 0 Å². The van der Waals surface area contributed by atoms with Gasteiger partial charge in [-0.25, -0.2) is 4.98 Å². The Kier molecular flexibility index (Phi) is 5.10. The fourth-order valence-electron chi connectivity index (χ4n) is 3.52. The summed E-state index contributed by atoms with van der Waals surface area (Å²) in [5.41, 5.74) is 2.41. The van der Waals surface area contributed by atoms with Gasteiger partial charge in [0.05, 0.1) is 11.0 Å². The maximum absolute atomic E-state index is 6.01. The van der Waals surface area contributed by atoms with Crippen molar-refractivity contribution in [2.45, 2.75) is 51.5 Å². The van der Waals surface area contributed by atoms with E-state index in [1.807, 2.05) is 0 Å². The molecule has 1 fully saturated rings. The molecule has 1 heterocycles. The maximum Gasteiger partial charge on any atom is 0.111 e. The molecule has 2 atom stereocenters. The molecule has 0 spiro atoms. The van der Waals surface area contributed by atoms with Crippen molar-refractivity contribution in [2.75, 3.05) is 5.88 Å². The van der Waals surface area contributed by atoms with Crippen molar-refractivity contribution in [3.8, 4) is 0 Å². The van der Waals surface area contributed by atoms with Crippen LogP contribution in [0.3, 0.4) is 0 Å². The van der Waals surface area contributed by atoms with Crippen molar-refractivity contribution < 1.29 is 0 Å². The molecule has 4 heteroatoms. The van der Waals surface area contributed by atoms with Crippen LogP contribution in [0.1, 0.15) is 50.9 Å². The van der Waals surface area contributed by atoms with Crippen molar-refractivity contribution in [2.24, 2.45) is 5.92 Å². The van der Waals surface area contributed by atoms with Gasteiger partial charge in [-0.05, 0) is 66.0 Å². The summed E-state index contributed by atoms with van der Waals surface area (Å²) < 4.78 is 3.74. The standard InChI is InChI=1S/C17H22ClIN2/c1-12-3-2-4-14(7-5-12)21-16-8-6-13(19)11-15(16)20-17(21)9-10-18/h6,8,11-12,14H,2-5,7,9-10H2,1H3. The Hall–Kier alpha value is -0.290. The summed E-state index contributed by atoms with van der Waals surface area (Å²) in [6.45, 7) is 2.39. The Bertz CT molecular complexity index is 623. The van der Waals surface area contributed by atoms with Gasteiger partial charge >= 0.3 is 0 Å². The normalized spacial score (nSPS) is 23.4. The predicted molar refractivity (Wildman–Crippen MR) is 98.2 cm³/mol. The van der Waals surface area contributed by atoms with E-state index in [2.05, 4.69) is 52.3 Å². The molecule has 0 radical (unpaired) electrons. The molecular weight excluding hydrogens is 395 g/mol. The van der Waals surface area contributed by atoms with Gasteiger partial charge in [-0.3, -0.25) is 0 Å². The third-order valence-corrected chi connectivity index (χ3v) is 5.49. The SMILES string of the molecule is CC1CCCC(n2c(CCCl)nc3cc(I)ccc32)CC1. The van der Waals surface area contributed by atoms with Crippen LogP contribution < -0.4 is 0 Å². The minimum absolute atomic E-state index is 0.596. The van der Waals surface area contributed by atoms with Crippen molar-refractivity contribution in [1.82, 2.24) is 9.55 Å². The van der Waals surface area contributed by atoms with Crippen LogP contribution in [0.15, 0.2) is 18.2 Å². The molecule has 1 aliphatic rings. The second-order valence-electron chi connectivity index (χ2n) is 6.24. The zero-order valence-corrected chi connectivity index (χ0v) is 15.4. The summed E-state index contributed by atoms with van der Waals surface area (Å²) in [6, 6.07) is 7.20. The molecule has 2 aromatic rings. The summed E-state index contributed by atoms with van der Waals surface area (Å²) in [6.07, 6.45) is 7.43. The first-order valence-electron chi connectivity index (χ1n) is 7.91. The van der Waals surface area contributed by atoms with Gasteiger partial charge < -0.3 is 4.57 Å². The van der Waals surface area contributed by atoms with Crippen LogP contribution in [0.4, 0.5) is 0 Å². The first-order valence-corrected chi connectivity index (χ1v) is 9.52. The van der Waals surface area contributed by atoms with Crippen molar-refractivity contribution in [3.05, 3.63) is 27.6 Å². The molecular formula is C17H22ClIN2. The van der Waals surface area contributed by atoms with Crippen molar-refractivity contribution in [3.63, 3.8) is 0 Å². The van der Waals surface area contributed by atoms with Gasteiger partial charge in [0.15, 0.2) is 0 Å². The Morgan fingerprint density at radius 2 is 2.14 bits per heavy atom. The number of aromatic nitrogens is 2. The van der Waals surface area contributed by atoms with Gasteiger partial charge in [0.25, 0.3) is 0 Å². The predicted octanol–water partition coefficient (Wildman–Crippen LogP) is 5.56. The fraction of sp³-hybridized carbons (Fsp3) is 0.588. The van der Waals surface area contributed by atoms with Crippen LogP contribution in [0, 0.1) is 9.49 Å². The first-order chi connectivity index (χ1) is 10.2. The van der Waals surface area contributed by atoms with Crippen LogP contribution in [-0.2, 0) is 6.42 Å². The summed E-state index contributed by atoms with van der Waals surface area (Å²) in [5.74, 6) is 2.67. The van der Waals surface area contributed by atoms with Crippen LogP contribution >= 0.6 is 34.2 Å². The maximum atomic E-state index is 6.01. The number of halogens is 2. The van der Waals surface area contributed by atoms with E-state index in [0.29, 0.717) is 11.9 Å². The molecule has 1 aromatic heterocycles. The van der Waals surface area contributed by atoms with E-state index >= 15 is 0 Å². The van der Waals surface area contributed by atoms with Gasteiger partial charge in [0, 0.05) is 21.9 Å². The molecule has 0 bridgehead atoms. The lowest BCUT2D eigenvalue weighted by Gasteiger charge is -2.20. The zero-order valence-electron chi connectivity index (χ0n) is 12.5. The molecule has 114 valence electrons. The monoisotopic (exact) mass is 416 g/mol. The van der Waals surface area contributed by atoms with E-state index in [9.17, 15) is 0 Å². The van der Waals surface area contributed by atoms with Gasteiger partial charge in [-0.15, -0.1) is 11.6 Å². The number of imidazole rings is 1. The van der Waals surface area contributed by atoms with E-state index in [4.69, 9.17) is 16.6 Å². The largest absolute Gasteiger partial charge is 0.325 e. The second kappa shape index (κ2) is 6.86. The zero-order chi connectivity index (χ0) is 14.8. The van der Waals surface area contributed by atoms with Crippen LogP contribution in [-0.4, -0.2) is 15.4 Å². The van der Waals surface area contributed by atoms with Gasteiger partial charge in [0.1, 0.15) is 5.82 Å². The minimum atomic E-state index is 0.596. The van der Waals surface area contributed by atoms with Gasteiger partial charge in [0.2, 0.25) is 0 Å². The molecule has 1 aliphatic carbocycles. The summed E-state index contributed by atoms with van der Waals surface area (Å²) in [7, 11) is 0. The Morgan fingerprint density at radius 1 is 1.29 bits per heavy atom. The van der Waals surface area contributed by atoms with E-state index in [1.54, 1.807) is 0 Å². The van der Waals surface area contributed by atoms with Gasteiger partial charge in [-0.2, -0.15) is 0 Å². The topological polar surface area (TPSA) is 17.8 Å². The molecule has 3 rings (SSSR count). The number of alkyl halides is 1. The number of hydrogen-bond donors (Lipinski definition) is 0. The highest BCUT2D eigenvalue weighted by molar-refractivity contribution is 14.1. The van der Waals surface area contributed by atoms with Crippen LogP contribution in [0.5, 0.6) is 0 Å². The highest BCUT2D eigenvalue weighted by Crippen LogP contribution is 2.34. The highest BCUT2D eigenvalue weighted by atomic mass is 127. The molecule has 1 saturated carbocycles. The molecule has 2 unspecified atom stereocenters. The lowest BCUT2D eigenvalue weighted by molar-refractivity contribution is 0.431. The molecule has 0 aliphatic heterocycles. The van der Waals surface area contributed by atoms with E-state index < -0.39 is 0 Å².